The van der Waals surface area contributed by atoms with E-state index in [4.69, 9.17) is 5.11 Å². The van der Waals surface area contributed by atoms with Crippen LogP contribution in [-0.4, -0.2) is 16.2 Å². The molecule has 0 aliphatic rings. The molecule has 0 radical (unpaired) electrons. The van der Waals surface area contributed by atoms with Gasteiger partial charge in [-0.3, -0.25) is 0 Å². The summed E-state index contributed by atoms with van der Waals surface area (Å²) in [6.45, 7) is 5.86. The van der Waals surface area contributed by atoms with E-state index in [0.29, 0.717) is 4.47 Å². The molecule has 82 valence electrons. The highest BCUT2D eigenvalue weighted by molar-refractivity contribution is 9.10. The molecule has 0 amide bonds. The normalized spacial score (nSPS) is 11.5. The second kappa shape index (κ2) is 3.85. The molecule has 0 spiro atoms. The van der Waals surface area contributed by atoms with E-state index in [1.807, 2.05) is 20.8 Å². The molecule has 0 unspecified atom stereocenters. The van der Waals surface area contributed by atoms with E-state index in [0.717, 1.165) is 5.56 Å². The molecule has 15 heavy (non-hydrogen) atoms. The molecule has 0 bridgehead atoms. The summed E-state index contributed by atoms with van der Waals surface area (Å²) in [6.07, 6.45) is 0. The van der Waals surface area contributed by atoms with Crippen molar-refractivity contribution in [3.8, 4) is 5.75 Å². The van der Waals surface area contributed by atoms with Gasteiger partial charge in [0.05, 0.1) is 5.56 Å². The molecule has 1 aromatic carbocycles. The molecular weight excluding hydrogens is 260 g/mol. The zero-order chi connectivity index (χ0) is 11.8. The van der Waals surface area contributed by atoms with Crippen molar-refractivity contribution in [1.29, 1.82) is 0 Å². The number of carboxylic acid groups (broad SMARTS) is 1. The van der Waals surface area contributed by atoms with Gasteiger partial charge in [-0.15, -0.1) is 0 Å². The summed E-state index contributed by atoms with van der Waals surface area (Å²) >= 11 is 3.18. The zero-order valence-electron chi connectivity index (χ0n) is 8.84. The third-order valence-electron chi connectivity index (χ3n) is 2.12. The highest BCUT2D eigenvalue weighted by Crippen LogP contribution is 2.34. The first kappa shape index (κ1) is 12.0. The Morgan fingerprint density at radius 2 is 1.87 bits per heavy atom. The zero-order valence-corrected chi connectivity index (χ0v) is 10.4. The molecule has 4 heteroatoms. The topological polar surface area (TPSA) is 57.5 Å². The molecule has 0 aliphatic carbocycles. The van der Waals surface area contributed by atoms with E-state index < -0.39 is 5.97 Å². The third kappa shape index (κ3) is 2.50. The lowest BCUT2D eigenvalue weighted by atomic mass is 9.86. The maximum Gasteiger partial charge on any atom is 0.336 e. The van der Waals surface area contributed by atoms with Gasteiger partial charge in [0.1, 0.15) is 5.75 Å². The quantitative estimate of drug-likeness (QED) is 0.826. The standard InChI is InChI=1S/C11H13BrO3/c1-11(2,3)7-5-8(12)6(10(14)15)4-9(7)13/h4-5,13H,1-3H3,(H,14,15). The van der Waals surface area contributed by atoms with E-state index in [1.165, 1.54) is 6.07 Å². The van der Waals surface area contributed by atoms with Crippen LogP contribution in [-0.2, 0) is 5.41 Å². The number of carbonyl (C=O) groups is 1. The Bertz CT molecular complexity index is 405. The Balaban J connectivity index is 3.39. The van der Waals surface area contributed by atoms with Gasteiger partial charge in [-0.2, -0.15) is 0 Å². The van der Waals surface area contributed by atoms with E-state index >= 15 is 0 Å². The van der Waals surface area contributed by atoms with Crippen LogP contribution in [0, 0.1) is 0 Å². The maximum absolute atomic E-state index is 10.8. The molecular formula is C11H13BrO3. The fourth-order valence-electron chi connectivity index (χ4n) is 1.33. The highest BCUT2D eigenvalue weighted by Gasteiger charge is 2.21. The Hall–Kier alpha value is -1.03. The Labute approximate surface area is 96.9 Å². The average molecular weight is 273 g/mol. The van der Waals surface area contributed by atoms with Gasteiger partial charge in [0.15, 0.2) is 0 Å². The number of phenolic OH excluding ortho intramolecular Hbond substituents is 1. The number of hydrogen-bond donors (Lipinski definition) is 2. The van der Waals surface area contributed by atoms with Crippen LogP contribution in [0.25, 0.3) is 0 Å². The lowest BCUT2D eigenvalue weighted by Crippen LogP contribution is -2.12. The van der Waals surface area contributed by atoms with Crippen molar-refractivity contribution in [1.82, 2.24) is 0 Å². The monoisotopic (exact) mass is 272 g/mol. The number of carboxylic acids is 1. The van der Waals surface area contributed by atoms with Crippen molar-refractivity contribution in [2.24, 2.45) is 0 Å². The molecule has 0 aromatic heterocycles. The van der Waals surface area contributed by atoms with E-state index in [9.17, 15) is 9.90 Å². The van der Waals surface area contributed by atoms with Gasteiger partial charge in [0, 0.05) is 10.0 Å². The van der Waals surface area contributed by atoms with Crippen molar-refractivity contribution in [2.75, 3.05) is 0 Å². The number of halogens is 1. The van der Waals surface area contributed by atoms with Gasteiger partial charge in [0.25, 0.3) is 0 Å². The molecule has 2 N–H and O–H groups in total. The van der Waals surface area contributed by atoms with Gasteiger partial charge in [0.2, 0.25) is 0 Å². The van der Waals surface area contributed by atoms with Crippen LogP contribution in [0.5, 0.6) is 5.75 Å². The maximum atomic E-state index is 10.8. The van der Waals surface area contributed by atoms with Crippen LogP contribution >= 0.6 is 15.9 Å². The summed E-state index contributed by atoms with van der Waals surface area (Å²) in [4.78, 5) is 10.8. The lowest BCUT2D eigenvalue weighted by molar-refractivity contribution is 0.0695. The van der Waals surface area contributed by atoms with E-state index in [1.54, 1.807) is 6.07 Å². The summed E-state index contributed by atoms with van der Waals surface area (Å²) < 4.78 is 0.484. The van der Waals surface area contributed by atoms with Gasteiger partial charge < -0.3 is 10.2 Å². The Morgan fingerprint density at radius 1 is 1.33 bits per heavy atom. The SMILES string of the molecule is CC(C)(C)c1cc(Br)c(C(=O)O)cc1O. The van der Waals surface area contributed by atoms with Gasteiger partial charge >= 0.3 is 5.97 Å². The Kier molecular flexibility index (Phi) is 3.09. The number of hydrogen-bond acceptors (Lipinski definition) is 2. The first-order chi connectivity index (χ1) is 6.73. The van der Waals surface area contributed by atoms with Crippen LogP contribution in [0.4, 0.5) is 0 Å². The predicted octanol–water partition coefficient (Wildman–Crippen LogP) is 3.15. The van der Waals surface area contributed by atoms with Crippen LogP contribution in [0.1, 0.15) is 36.7 Å². The van der Waals surface area contributed by atoms with Crippen molar-refractivity contribution >= 4 is 21.9 Å². The Morgan fingerprint density at radius 3 is 2.27 bits per heavy atom. The largest absolute Gasteiger partial charge is 0.508 e. The second-order valence-electron chi connectivity index (χ2n) is 4.40. The average Bonchev–Trinajstić information content (AvgIpc) is 2.06. The predicted molar refractivity (Wildman–Crippen MR) is 61.5 cm³/mol. The van der Waals surface area contributed by atoms with Crippen LogP contribution in [0.2, 0.25) is 0 Å². The minimum absolute atomic E-state index is 0.0168. The van der Waals surface area contributed by atoms with E-state index in [-0.39, 0.29) is 16.7 Å². The van der Waals surface area contributed by atoms with Crippen LogP contribution < -0.4 is 0 Å². The summed E-state index contributed by atoms with van der Waals surface area (Å²) in [6, 6.07) is 2.92. The van der Waals surface area contributed by atoms with Crippen molar-refractivity contribution in [3.63, 3.8) is 0 Å². The van der Waals surface area contributed by atoms with E-state index in [2.05, 4.69) is 15.9 Å². The number of aromatic carboxylic acids is 1. The molecule has 0 saturated carbocycles. The number of benzene rings is 1. The van der Waals surface area contributed by atoms with Crippen molar-refractivity contribution in [2.45, 2.75) is 26.2 Å². The molecule has 1 rings (SSSR count). The first-order valence-corrected chi connectivity index (χ1v) is 5.29. The molecule has 0 aliphatic heterocycles. The second-order valence-corrected chi connectivity index (χ2v) is 5.26. The summed E-state index contributed by atoms with van der Waals surface area (Å²) in [5.74, 6) is -1.04. The van der Waals surface area contributed by atoms with Crippen molar-refractivity contribution < 1.29 is 15.0 Å². The summed E-state index contributed by atoms with van der Waals surface area (Å²) in [5.41, 5.74) is 0.573. The van der Waals surface area contributed by atoms with Crippen LogP contribution in [0.3, 0.4) is 0 Å². The first-order valence-electron chi connectivity index (χ1n) is 4.50. The molecule has 3 nitrogen and oxygen atoms in total. The van der Waals surface area contributed by atoms with Crippen molar-refractivity contribution in [3.05, 3.63) is 27.7 Å². The minimum atomic E-state index is -1.06. The summed E-state index contributed by atoms with van der Waals surface area (Å²) in [5, 5.41) is 18.6. The lowest BCUT2D eigenvalue weighted by Gasteiger charge is -2.21. The van der Waals surface area contributed by atoms with Gasteiger partial charge in [-0.25, -0.2) is 4.79 Å². The molecule has 0 fully saturated rings. The fraction of sp³-hybridized carbons (Fsp3) is 0.364. The van der Waals surface area contributed by atoms with Crippen LogP contribution in [0.15, 0.2) is 16.6 Å². The molecule has 1 aromatic rings. The molecule has 0 heterocycles. The minimum Gasteiger partial charge on any atom is -0.508 e. The van der Waals surface area contributed by atoms with Gasteiger partial charge in [-0.1, -0.05) is 20.8 Å². The van der Waals surface area contributed by atoms with Gasteiger partial charge in [-0.05, 0) is 33.5 Å². The third-order valence-corrected chi connectivity index (χ3v) is 2.78. The molecule has 0 atom stereocenters. The summed E-state index contributed by atoms with van der Waals surface area (Å²) in [7, 11) is 0. The smallest absolute Gasteiger partial charge is 0.336 e. The number of rotatable bonds is 1. The fourth-order valence-corrected chi connectivity index (χ4v) is 1.84. The number of aromatic hydroxyl groups is 1. The highest BCUT2D eigenvalue weighted by atomic mass is 79.9. The number of phenols is 1. The molecule has 0 saturated heterocycles.